The third kappa shape index (κ3) is 4.48. The van der Waals surface area contributed by atoms with Crippen LogP contribution < -0.4 is 4.72 Å². The van der Waals surface area contributed by atoms with Gasteiger partial charge in [-0.3, -0.25) is 0 Å². The van der Waals surface area contributed by atoms with Gasteiger partial charge in [0, 0.05) is 30.3 Å². The Hall–Kier alpha value is -1.54. The number of nitrogens with one attached hydrogen (secondary N) is 1. The van der Waals surface area contributed by atoms with Crippen LogP contribution in [-0.4, -0.2) is 22.1 Å². The Balaban J connectivity index is 2.19. The number of hydrogen-bond donors (Lipinski definition) is 1. The van der Waals surface area contributed by atoms with Crippen molar-refractivity contribution in [2.24, 2.45) is 0 Å². The van der Waals surface area contributed by atoms with Crippen molar-refractivity contribution in [3.63, 3.8) is 0 Å². The largest absolute Gasteiger partial charge is 0.375 e. The number of halogens is 3. The Morgan fingerprint density at radius 2 is 1.78 bits per heavy atom. The van der Waals surface area contributed by atoms with E-state index in [1.807, 2.05) is 0 Å². The molecule has 4 nitrogen and oxygen atoms in total. The lowest BCUT2D eigenvalue weighted by atomic mass is 10.1. The molecule has 1 unspecified atom stereocenters. The molecule has 0 aliphatic rings. The molecule has 0 aromatic heterocycles. The van der Waals surface area contributed by atoms with E-state index in [1.165, 1.54) is 7.11 Å². The molecule has 0 aliphatic heterocycles. The fraction of sp³-hybridized carbons (Fsp3) is 0.200. The molecule has 8 heteroatoms. The van der Waals surface area contributed by atoms with Gasteiger partial charge >= 0.3 is 0 Å². The minimum atomic E-state index is -4.08. The molecule has 0 radical (unpaired) electrons. The fourth-order valence-corrected chi connectivity index (χ4v) is 3.34. The Morgan fingerprint density at radius 1 is 1.17 bits per heavy atom. The van der Waals surface area contributed by atoms with Gasteiger partial charge in [-0.25, -0.2) is 21.9 Å². The second-order valence-corrected chi connectivity index (χ2v) is 6.88. The Bertz CT molecular complexity index is 779. The van der Waals surface area contributed by atoms with Crippen molar-refractivity contribution in [1.82, 2.24) is 4.72 Å². The predicted octanol–water partition coefficient (Wildman–Crippen LogP) is 3.28. The minimum Gasteiger partial charge on any atom is -0.375 e. The number of methoxy groups -OCH3 is 1. The monoisotopic (exact) mass is 361 g/mol. The second-order valence-electron chi connectivity index (χ2n) is 4.70. The Labute approximate surface area is 138 Å². The lowest BCUT2D eigenvalue weighted by Gasteiger charge is -2.18. The molecule has 2 rings (SSSR count). The van der Waals surface area contributed by atoms with Gasteiger partial charge in [0.1, 0.15) is 11.6 Å². The lowest BCUT2D eigenvalue weighted by Crippen LogP contribution is -2.29. The number of sulfonamides is 1. The van der Waals surface area contributed by atoms with E-state index in [-0.39, 0.29) is 6.54 Å². The molecule has 0 aliphatic carbocycles. The summed E-state index contributed by atoms with van der Waals surface area (Å²) in [5, 5.41) is 0.426. The van der Waals surface area contributed by atoms with Gasteiger partial charge in [0.2, 0.25) is 10.0 Å². The summed E-state index contributed by atoms with van der Waals surface area (Å²) in [5.41, 5.74) is 0.602. The molecule has 0 amide bonds. The number of hydrogen-bond acceptors (Lipinski definition) is 3. The van der Waals surface area contributed by atoms with Gasteiger partial charge in [0.15, 0.2) is 0 Å². The standard InChI is InChI=1S/C15H14ClF2NO3S/c1-22-15(13-4-2-3-5-14(13)16)9-19-23(20,21)12-7-10(17)6-11(18)8-12/h2-8,15,19H,9H2,1H3. The molecule has 1 N–H and O–H groups in total. The third-order valence-electron chi connectivity index (χ3n) is 3.14. The summed E-state index contributed by atoms with van der Waals surface area (Å²) in [6.07, 6.45) is -0.642. The van der Waals surface area contributed by atoms with Gasteiger partial charge in [-0.15, -0.1) is 0 Å². The summed E-state index contributed by atoms with van der Waals surface area (Å²) in [4.78, 5) is -0.496. The highest BCUT2D eigenvalue weighted by atomic mass is 35.5. The molecule has 23 heavy (non-hydrogen) atoms. The average molecular weight is 362 g/mol. The van der Waals surface area contributed by atoms with E-state index < -0.39 is 32.7 Å². The van der Waals surface area contributed by atoms with Crippen molar-refractivity contribution in [2.75, 3.05) is 13.7 Å². The normalized spacial score (nSPS) is 13.0. The van der Waals surface area contributed by atoms with Crippen LogP contribution in [0.1, 0.15) is 11.7 Å². The molecule has 0 bridgehead atoms. The SMILES string of the molecule is COC(CNS(=O)(=O)c1cc(F)cc(F)c1)c1ccccc1Cl. The zero-order chi connectivity index (χ0) is 17.0. The van der Waals surface area contributed by atoms with Crippen LogP contribution in [0, 0.1) is 11.6 Å². The van der Waals surface area contributed by atoms with Gasteiger partial charge in [-0.05, 0) is 18.2 Å². The van der Waals surface area contributed by atoms with Crippen molar-refractivity contribution in [3.05, 3.63) is 64.7 Å². The summed E-state index contributed by atoms with van der Waals surface area (Å²) in [6.45, 7) is -0.138. The van der Waals surface area contributed by atoms with Crippen LogP contribution in [0.2, 0.25) is 5.02 Å². The number of rotatable bonds is 6. The summed E-state index contributed by atoms with van der Waals surface area (Å²) < 4.78 is 58.1. The maximum atomic E-state index is 13.2. The third-order valence-corrected chi connectivity index (χ3v) is 4.89. The van der Waals surface area contributed by atoms with Crippen molar-refractivity contribution >= 4 is 21.6 Å². The summed E-state index contributed by atoms with van der Waals surface area (Å²) in [7, 11) is -2.68. The van der Waals surface area contributed by atoms with E-state index in [0.29, 0.717) is 16.7 Å². The molecule has 124 valence electrons. The van der Waals surface area contributed by atoms with Crippen LogP contribution in [0.4, 0.5) is 8.78 Å². The van der Waals surface area contributed by atoms with Crippen LogP contribution in [0.25, 0.3) is 0 Å². The molecule has 0 saturated carbocycles. The van der Waals surface area contributed by atoms with E-state index in [1.54, 1.807) is 24.3 Å². The van der Waals surface area contributed by atoms with Gasteiger partial charge in [0.05, 0.1) is 11.0 Å². The quantitative estimate of drug-likeness (QED) is 0.859. The zero-order valence-corrected chi connectivity index (χ0v) is 13.7. The maximum Gasteiger partial charge on any atom is 0.240 e. The van der Waals surface area contributed by atoms with Crippen LogP contribution in [0.3, 0.4) is 0 Å². The first-order valence-electron chi connectivity index (χ1n) is 6.56. The first-order valence-corrected chi connectivity index (χ1v) is 8.42. The van der Waals surface area contributed by atoms with Crippen LogP contribution in [0.15, 0.2) is 47.4 Å². The molecule has 0 saturated heterocycles. The van der Waals surface area contributed by atoms with Crippen molar-refractivity contribution in [3.8, 4) is 0 Å². The highest BCUT2D eigenvalue weighted by Gasteiger charge is 2.20. The molecular formula is C15H14ClF2NO3S. The highest BCUT2D eigenvalue weighted by Crippen LogP contribution is 2.25. The first kappa shape index (κ1) is 17.8. The topological polar surface area (TPSA) is 55.4 Å². The molecule has 0 fully saturated rings. The minimum absolute atomic E-state index is 0.138. The van der Waals surface area contributed by atoms with Gasteiger partial charge < -0.3 is 4.74 Å². The Morgan fingerprint density at radius 3 is 2.35 bits per heavy atom. The number of benzene rings is 2. The fourth-order valence-electron chi connectivity index (χ4n) is 2.01. The van der Waals surface area contributed by atoms with E-state index in [9.17, 15) is 17.2 Å². The lowest BCUT2D eigenvalue weighted by molar-refractivity contribution is 0.107. The van der Waals surface area contributed by atoms with E-state index >= 15 is 0 Å². The first-order chi connectivity index (χ1) is 10.8. The van der Waals surface area contributed by atoms with E-state index in [4.69, 9.17) is 16.3 Å². The van der Waals surface area contributed by atoms with Crippen LogP contribution in [0.5, 0.6) is 0 Å². The van der Waals surface area contributed by atoms with Crippen molar-refractivity contribution in [1.29, 1.82) is 0 Å². The highest BCUT2D eigenvalue weighted by molar-refractivity contribution is 7.89. The van der Waals surface area contributed by atoms with Crippen LogP contribution >= 0.6 is 11.6 Å². The molecule has 1 atom stereocenters. The predicted molar refractivity (Wildman–Crippen MR) is 82.7 cm³/mol. The van der Waals surface area contributed by atoms with Gasteiger partial charge in [0.25, 0.3) is 0 Å². The number of ether oxygens (including phenoxy) is 1. The van der Waals surface area contributed by atoms with Crippen molar-refractivity contribution < 1.29 is 21.9 Å². The molecule has 2 aromatic carbocycles. The molecule has 0 spiro atoms. The van der Waals surface area contributed by atoms with E-state index in [0.717, 1.165) is 12.1 Å². The maximum absolute atomic E-state index is 13.2. The zero-order valence-electron chi connectivity index (χ0n) is 12.1. The van der Waals surface area contributed by atoms with Gasteiger partial charge in [-0.1, -0.05) is 29.8 Å². The molecule has 0 heterocycles. The summed E-state index contributed by atoms with van der Waals surface area (Å²) in [5.74, 6) is -1.94. The van der Waals surface area contributed by atoms with Gasteiger partial charge in [-0.2, -0.15) is 0 Å². The smallest absolute Gasteiger partial charge is 0.240 e. The van der Waals surface area contributed by atoms with Crippen LogP contribution in [-0.2, 0) is 14.8 Å². The summed E-state index contributed by atoms with van der Waals surface area (Å²) >= 11 is 6.05. The molecular weight excluding hydrogens is 348 g/mol. The Kier molecular flexibility index (Phi) is 5.69. The average Bonchev–Trinajstić information content (AvgIpc) is 2.48. The second kappa shape index (κ2) is 7.35. The van der Waals surface area contributed by atoms with E-state index in [2.05, 4.69) is 4.72 Å². The summed E-state index contributed by atoms with van der Waals surface area (Å²) in [6, 6.07) is 8.90. The van der Waals surface area contributed by atoms with Crippen molar-refractivity contribution in [2.45, 2.75) is 11.0 Å². The molecule has 2 aromatic rings.